The topological polar surface area (TPSA) is 3.24 Å². The van der Waals surface area contributed by atoms with E-state index in [1.807, 2.05) is 27.7 Å². The summed E-state index contributed by atoms with van der Waals surface area (Å²) in [6.45, 7) is 15.8. The Morgan fingerprint density at radius 3 is 1.60 bits per heavy atom. The molecule has 0 rings (SSSR count). The maximum atomic E-state index is 2.38. The van der Waals surface area contributed by atoms with Crippen molar-refractivity contribution in [3.05, 3.63) is 6.42 Å². The van der Waals surface area contributed by atoms with E-state index >= 15 is 0 Å². The van der Waals surface area contributed by atoms with Crippen molar-refractivity contribution >= 4 is 0 Å². The Bertz CT molecular complexity index is 76.9. The van der Waals surface area contributed by atoms with Gasteiger partial charge in [0, 0.05) is 32.7 Å². The normalized spacial score (nSPS) is 10.2. The Kier molecular flexibility index (Phi) is 40.6. The molecule has 0 saturated heterocycles. The van der Waals surface area contributed by atoms with Crippen LogP contribution in [-0.2, 0) is 32.7 Å². The third kappa shape index (κ3) is 17.7. The molecule has 0 fully saturated rings. The van der Waals surface area contributed by atoms with Gasteiger partial charge in [-0.3, -0.25) is 0 Å². The monoisotopic (exact) mass is 291 g/mol. The molecule has 0 amide bonds. The molecule has 0 saturated carbocycles. The molecule has 93 valence electrons. The minimum absolute atomic E-state index is 0. The zero-order valence-electron chi connectivity index (χ0n) is 12.3. The second kappa shape index (κ2) is 24.3. The third-order valence-electron chi connectivity index (χ3n) is 1.99. The van der Waals surface area contributed by atoms with E-state index in [1.54, 1.807) is 0 Å². The number of nitrogens with zero attached hydrogens (tertiary/aromatic N) is 1. The standard InChI is InChI=1S/C9H20N.2C2H6.Y/c1-5-8-9(6-2)10(4)7-3;2*1-2;/h8-9H,5-7H2,1-4H3;2*1-2H3;/q-1;;;. The molecule has 2 heteroatoms. The molecule has 0 bridgehead atoms. The molecule has 1 unspecified atom stereocenters. The minimum atomic E-state index is 0. The van der Waals surface area contributed by atoms with Gasteiger partial charge in [0.25, 0.3) is 0 Å². The molecule has 0 N–H and O–H groups in total. The molecule has 1 radical (unpaired) electrons. The van der Waals surface area contributed by atoms with Crippen LogP contribution in [0, 0.1) is 6.42 Å². The fourth-order valence-electron chi connectivity index (χ4n) is 1.16. The van der Waals surface area contributed by atoms with Crippen LogP contribution in [0.1, 0.15) is 61.3 Å². The molecule has 0 aliphatic heterocycles. The molecule has 1 nitrogen and oxygen atoms in total. The van der Waals surface area contributed by atoms with E-state index in [2.05, 4.69) is 39.1 Å². The fourth-order valence-corrected chi connectivity index (χ4v) is 1.16. The van der Waals surface area contributed by atoms with Crippen molar-refractivity contribution in [3.63, 3.8) is 0 Å². The van der Waals surface area contributed by atoms with Crippen LogP contribution >= 0.6 is 0 Å². The van der Waals surface area contributed by atoms with Crippen molar-refractivity contribution in [2.45, 2.75) is 67.3 Å². The van der Waals surface area contributed by atoms with E-state index in [-0.39, 0.29) is 32.7 Å². The maximum absolute atomic E-state index is 2.38. The van der Waals surface area contributed by atoms with Crippen molar-refractivity contribution in [2.75, 3.05) is 13.6 Å². The summed E-state index contributed by atoms with van der Waals surface area (Å²) in [5.41, 5.74) is 0. The van der Waals surface area contributed by atoms with Crippen LogP contribution in [-0.4, -0.2) is 24.5 Å². The molecule has 0 aromatic rings. The van der Waals surface area contributed by atoms with E-state index in [4.69, 9.17) is 0 Å². The molecular formula is C13H32NY-. The molecule has 0 spiro atoms. The van der Waals surface area contributed by atoms with Gasteiger partial charge in [-0.05, 0) is 13.6 Å². The first-order chi connectivity index (χ1) is 6.76. The minimum Gasteiger partial charge on any atom is -0.333 e. The first-order valence-corrected chi connectivity index (χ1v) is 6.29. The van der Waals surface area contributed by atoms with Gasteiger partial charge in [-0.25, -0.2) is 0 Å². The van der Waals surface area contributed by atoms with E-state index in [0.29, 0.717) is 6.04 Å². The zero-order valence-corrected chi connectivity index (χ0v) is 15.1. The summed E-state index contributed by atoms with van der Waals surface area (Å²) in [5, 5.41) is 0. The second-order valence-electron chi connectivity index (χ2n) is 2.69. The van der Waals surface area contributed by atoms with Gasteiger partial charge in [-0.2, -0.15) is 6.42 Å². The summed E-state index contributed by atoms with van der Waals surface area (Å²) in [6, 6.07) is 0.690. The first-order valence-electron chi connectivity index (χ1n) is 6.29. The van der Waals surface area contributed by atoms with E-state index in [0.717, 1.165) is 6.54 Å². The van der Waals surface area contributed by atoms with Crippen molar-refractivity contribution < 1.29 is 32.7 Å². The Morgan fingerprint density at radius 2 is 1.40 bits per heavy atom. The summed E-state index contributed by atoms with van der Waals surface area (Å²) < 4.78 is 0. The van der Waals surface area contributed by atoms with Gasteiger partial charge in [0.15, 0.2) is 0 Å². The van der Waals surface area contributed by atoms with Crippen LogP contribution in [0.25, 0.3) is 0 Å². The van der Waals surface area contributed by atoms with Crippen molar-refractivity contribution in [2.24, 2.45) is 0 Å². The van der Waals surface area contributed by atoms with Gasteiger partial charge in [0.05, 0.1) is 0 Å². The van der Waals surface area contributed by atoms with Crippen LogP contribution < -0.4 is 0 Å². The van der Waals surface area contributed by atoms with Crippen LogP contribution in [0.2, 0.25) is 0 Å². The summed E-state index contributed by atoms with van der Waals surface area (Å²) in [7, 11) is 2.18. The Morgan fingerprint density at radius 1 is 1.00 bits per heavy atom. The van der Waals surface area contributed by atoms with Gasteiger partial charge in [-0.1, -0.05) is 54.9 Å². The number of hydrogen-bond acceptors (Lipinski definition) is 1. The van der Waals surface area contributed by atoms with Crippen LogP contribution in [0.4, 0.5) is 0 Å². The summed E-state index contributed by atoms with van der Waals surface area (Å²) in [5.74, 6) is 0. The third-order valence-corrected chi connectivity index (χ3v) is 1.99. The van der Waals surface area contributed by atoms with Gasteiger partial charge in [0.2, 0.25) is 0 Å². The molecular weight excluding hydrogens is 259 g/mol. The Labute approximate surface area is 124 Å². The van der Waals surface area contributed by atoms with E-state index < -0.39 is 0 Å². The van der Waals surface area contributed by atoms with Gasteiger partial charge in [-0.15, -0.1) is 6.04 Å². The van der Waals surface area contributed by atoms with E-state index in [1.165, 1.54) is 12.8 Å². The largest absolute Gasteiger partial charge is 0.333 e. The number of rotatable bonds is 5. The summed E-state index contributed by atoms with van der Waals surface area (Å²) >= 11 is 0. The molecule has 0 heterocycles. The first kappa shape index (κ1) is 25.0. The predicted molar refractivity (Wildman–Crippen MR) is 69.7 cm³/mol. The van der Waals surface area contributed by atoms with Crippen molar-refractivity contribution in [1.29, 1.82) is 0 Å². The molecule has 0 aliphatic rings. The van der Waals surface area contributed by atoms with Crippen molar-refractivity contribution in [3.8, 4) is 0 Å². The second-order valence-corrected chi connectivity index (χ2v) is 2.69. The molecule has 0 aliphatic carbocycles. The molecule has 0 aromatic heterocycles. The summed E-state index contributed by atoms with van der Waals surface area (Å²) in [6.07, 6.45) is 4.80. The van der Waals surface area contributed by atoms with Gasteiger partial charge < -0.3 is 11.3 Å². The van der Waals surface area contributed by atoms with Crippen LogP contribution in [0.3, 0.4) is 0 Å². The SMILES string of the molecule is CC.CC.CC[CH-]C(CC)N(C)CC.[Y]. The average Bonchev–Trinajstić information content (AvgIpc) is 2.30. The van der Waals surface area contributed by atoms with Crippen molar-refractivity contribution in [1.82, 2.24) is 4.90 Å². The number of hydrogen-bond donors (Lipinski definition) is 0. The van der Waals surface area contributed by atoms with Crippen LogP contribution in [0.15, 0.2) is 0 Å². The van der Waals surface area contributed by atoms with Crippen LogP contribution in [0.5, 0.6) is 0 Å². The molecule has 1 atom stereocenters. The molecule has 15 heavy (non-hydrogen) atoms. The Hall–Kier alpha value is 1.06. The predicted octanol–water partition coefficient (Wildman–Crippen LogP) is 4.38. The molecule has 0 aromatic carbocycles. The smallest absolute Gasteiger partial charge is 0 e. The van der Waals surface area contributed by atoms with E-state index in [9.17, 15) is 0 Å². The average molecular weight is 291 g/mol. The van der Waals surface area contributed by atoms with Gasteiger partial charge in [0.1, 0.15) is 0 Å². The zero-order chi connectivity index (χ0) is 12.0. The van der Waals surface area contributed by atoms with Gasteiger partial charge >= 0.3 is 0 Å². The fraction of sp³-hybridized carbons (Fsp3) is 0.923. The quantitative estimate of drug-likeness (QED) is 0.679. The summed E-state index contributed by atoms with van der Waals surface area (Å²) in [4.78, 5) is 2.38. The Balaban J connectivity index is -0.000000107. The maximum Gasteiger partial charge on any atom is 0 e.